The van der Waals surface area contributed by atoms with Crippen molar-refractivity contribution in [3.63, 3.8) is 0 Å². The van der Waals surface area contributed by atoms with E-state index in [-0.39, 0.29) is 44.2 Å². The molecular weight excluding hydrogens is 334 g/mol. The Labute approximate surface area is 177 Å². The molecule has 0 aliphatic carbocycles. The van der Waals surface area contributed by atoms with Crippen LogP contribution in [0.2, 0.25) is 0 Å². The normalized spacial score (nSPS) is 9.54. The number of hydrogen-bond acceptors (Lipinski definition) is 5. The molecular formula is C18H35CaNO4. The zero-order chi connectivity index (χ0) is 17.6. The van der Waals surface area contributed by atoms with Crippen LogP contribution in [0.3, 0.4) is 0 Å². The first-order valence-corrected chi connectivity index (χ1v) is 9.33. The van der Waals surface area contributed by atoms with Gasteiger partial charge in [0.15, 0.2) is 0 Å². The maximum absolute atomic E-state index is 10.2. The van der Waals surface area contributed by atoms with E-state index in [0.717, 1.165) is 18.2 Å². The Morgan fingerprint density at radius 1 is 0.708 bits per heavy atom. The van der Waals surface area contributed by atoms with Crippen LogP contribution in [-0.2, 0) is 4.79 Å². The summed E-state index contributed by atoms with van der Waals surface area (Å²) in [5.41, 5.74) is 0. The van der Waals surface area contributed by atoms with Gasteiger partial charge < -0.3 is 20.0 Å². The molecule has 0 N–H and O–H groups in total. The average Bonchev–Trinajstić information content (AvgIpc) is 2.51. The molecule has 0 atom stereocenters. The smallest absolute Gasteiger partial charge is 0.550 e. The topological polar surface area (TPSA) is 92.6 Å². The Kier molecular flexibility index (Phi) is 33.7. The van der Waals surface area contributed by atoms with Crippen LogP contribution in [0.4, 0.5) is 0 Å². The molecule has 5 nitrogen and oxygen atoms in total. The van der Waals surface area contributed by atoms with Crippen molar-refractivity contribution >= 4 is 43.7 Å². The Hall–Kier alpha value is 0.130. The van der Waals surface area contributed by atoms with E-state index in [2.05, 4.69) is 6.92 Å². The van der Waals surface area contributed by atoms with Gasteiger partial charge in [-0.25, -0.2) is 0 Å². The molecule has 138 valence electrons. The first-order valence-electron chi connectivity index (χ1n) is 9.33. The molecule has 0 rings (SSSR count). The largest absolute Gasteiger partial charge is 2.00 e. The van der Waals surface area contributed by atoms with Crippen LogP contribution in [-0.4, -0.2) is 43.7 Å². The molecule has 6 heteroatoms. The van der Waals surface area contributed by atoms with Gasteiger partial charge in [-0.05, 0) is 12.8 Å². The molecule has 0 unspecified atom stereocenters. The molecule has 0 radical (unpaired) electrons. The molecule has 0 fully saturated rings. The second-order valence-corrected chi connectivity index (χ2v) is 6.15. The van der Waals surface area contributed by atoms with Gasteiger partial charge in [-0.15, -0.1) is 5.34 Å². The first-order chi connectivity index (χ1) is 11.2. The summed E-state index contributed by atoms with van der Waals surface area (Å²) in [6.07, 6.45) is 19.9. The van der Waals surface area contributed by atoms with E-state index in [1.54, 1.807) is 0 Å². The van der Waals surface area contributed by atoms with Crippen LogP contribution in [0.25, 0.3) is 0 Å². The summed E-state index contributed by atoms with van der Waals surface area (Å²) in [7, 11) is 0. The molecule has 0 aromatic heterocycles. The molecule has 0 aliphatic rings. The van der Waals surface area contributed by atoms with Gasteiger partial charge in [0.05, 0.1) is 0 Å². The molecule has 0 heterocycles. The van der Waals surface area contributed by atoms with Gasteiger partial charge in [0.2, 0.25) is 0 Å². The predicted octanol–water partition coefficient (Wildman–Crippen LogP) is 4.87. The van der Waals surface area contributed by atoms with Gasteiger partial charge in [-0.2, -0.15) is 0 Å². The van der Waals surface area contributed by atoms with Crippen LogP contribution in [0, 0.1) is 10.1 Å². The van der Waals surface area contributed by atoms with Gasteiger partial charge in [0.25, 0.3) is 0 Å². The zero-order valence-electron chi connectivity index (χ0n) is 15.6. The van der Waals surface area contributed by atoms with Crippen molar-refractivity contribution in [2.75, 3.05) is 0 Å². The molecule has 0 saturated carbocycles. The van der Waals surface area contributed by atoms with Crippen LogP contribution in [0.5, 0.6) is 0 Å². The number of unbranched alkanes of at least 4 members (excludes halogenated alkanes) is 14. The van der Waals surface area contributed by atoms with E-state index in [1.807, 2.05) is 0 Å². The minimum Gasteiger partial charge on any atom is -0.550 e. The summed E-state index contributed by atoms with van der Waals surface area (Å²) in [5.74, 6) is -0.903. The summed E-state index contributed by atoms with van der Waals surface area (Å²) in [6, 6.07) is 0. The van der Waals surface area contributed by atoms with Crippen molar-refractivity contribution in [1.29, 1.82) is 0 Å². The third kappa shape index (κ3) is 33.7. The van der Waals surface area contributed by atoms with E-state index in [1.165, 1.54) is 83.5 Å². The number of carboxylic acids is 1. The zero-order valence-corrected chi connectivity index (χ0v) is 17.8. The fourth-order valence-corrected chi connectivity index (χ4v) is 2.64. The van der Waals surface area contributed by atoms with Gasteiger partial charge >= 0.3 is 37.7 Å². The quantitative estimate of drug-likeness (QED) is 0.168. The Bertz CT molecular complexity index is 253. The maximum Gasteiger partial charge on any atom is 2.00 e. The molecule has 0 aromatic carbocycles. The number of hydrogen-bond donors (Lipinski definition) is 0. The second kappa shape index (κ2) is 28.0. The van der Waals surface area contributed by atoms with Crippen molar-refractivity contribution in [1.82, 2.24) is 0 Å². The van der Waals surface area contributed by atoms with E-state index in [0.29, 0.717) is 0 Å². The van der Waals surface area contributed by atoms with Crippen molar-refractivity contribution in [2.24, 2.45) is 5.34 Å². The third-order valence-corrected chi connectivity index (χ3v) is 3.98. The SMILES string of the molecule is CCCCCCCCCCCCCCCCCC(=O)[O-].O=N[O-].[Ca+2]. The molecule has 0 aromatic rings. The number of nitrogens with zero attached hydrogens (tertiary/aromatic N) is 1. The summed E-state index contributed by atoms with van der Waals surface area (Å²) < 4.78 is 0. The number of rotatable bonds is 16. The van der Waals surface area contributed by atoms with Crippen molar-refractivity contribution in [3.05, 3.63) is 10.1 Å². The van der Waals surface area contributed by atoms with Crippen LogP contribution >= 0.6 is 0 Å². The monoisotopic (exact) mass is 369 g/mol. The maximum atomic E-state index is 10.2. The summed E-state index contributed by atoms with van der Waals surface area (Å²) in [4.78, 5) is 18.2. The molecule has 0 saturated heterocycles. The van der Waals surface area contributed by atoms with E-state index in [9.17, 15) is 9.90 Å². The molecule has 0 spiro atoms. The van der Waals surface area contributed by atoms with Crippen LogP contribution < -0.4 is 5.11 Å². The summed E-state index contributed by atoms with van der Waals surface area (Å²) in [6.45, 7) is 2.27. The van der Waals surface area contributed by atoms with E-state index >= 15 is 0 Å². The van der Waals surface area contributed by atoms with Crippen molar-refractivity contribution in [3.8, 4) is 0 Å². The van der Waals surface area contributed by atoms with Crippen LogP contribution in [0.15, 0.2) is 5.34 Å². The Balaban J connectivity index is -0.00000102. The standard InChI is InChI=1S/C18H36O2.Ca.HNO2/c1-2-3-4-5-6-7-8-9-10-11-12-13-14-15-16-17-18(19)20;;2-1-3/h2-17H2,1H3,(H,19,20);;(H,2,3)/q;+2;/p-2. The average molecular weight is 370 g/mol. The van der Waals surface area contributed by atoms with Crippen molar-refractivity contribution < 1.29 is 9.90 Å². The number of carbonyl (C=O) groups excluding carboxylic acids is 1. The Morgan fingerprint density at radius 2 is 0.958 bits per heavy atom. The summed E-state index contributed by atoms with van der Waals surface area (Å²) in [5, 5.41) is 19.2. The number of carbonyl (C=O) groups is 1. The fourth-order valence-electron chi connectivity index (χ4n) is 2.64. The third-order valence-electron chi connectivity index (χ3n) is 3.98. The van der Waals surface area contributed by atoms with Gasteiger partial charge in [-0.1, -0.05) is 96.8 Å². The Morgan fingerprint density at radius 3 is 1.21 bits per heavy atom. The van der Waals surface area contributed by atoms with E-state index < -0.39 is 5.97 Å². The van der Waals surface area contributed by atoms with Gasteiger partial charge in [0, 0.05) is 5.97 Å². The minimum absolute atomic E-state index is 0. The van der Waals surface area contributed by atoms with Gasteiger partial charge in [-0.3, -0.25) is 0 Å². The van der Waals surface area contributed by atoms with Gasteiger partial charge in [0.1, 0.15) is 0 Å². The summed E-state index contributed by atoms with van der Waals surface area (Å²) >= 11 is 0. The van der Waals surface area contributed by atoms with Crippen LogP contribution in [0.1, 0.15) is 110 Å². The molecule has 24 heavy (non-hydrogen) atoms. The number of aliphatic carboxylic acids is 1. The minimum atomic E-state index is -0.903. The first kappa shape index (κ1) is 28.9. The van der Waals surface area contributed by atoms with E-state index in [4.69, 9.17) is 10.1 Å². The number of carboxylic acid groups (broad SMARTS) is 1. The van der Waals surface area contributed by atoms with Crippen molar-refractivity contribution in [2.45, 2.75) is 110 Å². The molecule has 0 aliphatic heterocycles. The fraction of sp³-hybridized carbons (Fsp3) is 0.944. The predicted molar refractivity (Wildman–Crippen MR) is 99.5 cm³/mol. The molecule has 0 bridgehead atoms. The second-order valence-electron chi connectivity index (χ2n) is 6.15. The molecule has 0 amide bonds.